The van der Waals surface area contributed by atoms with Crippen LogP contribution >= 0.6 is 0 Å². The molecule has 0 saturated carbocycles. The number of aliphatic hydroxyl groups excluding tert-OH is 1. The Morgan fingerprint density at radius 2 is 1.86 bits per heavy atom. The third-order valence-corrected chi connectivity index (χ3v) is 7.49. The second-order valence-electron chi connectivity index (χ2n) is 10.2. The van der Waals surface area contributed by atoms with E-state index in [0.717, 1.165) is 25.8 Å². The van der Waals surface area contributed by atoms with Gasteiger partial charge in [0.1, 0.15) is 23.9 Å². The molecule has 4 N–H and O–H groups in total. The number of hydrogen-bond donors (Lipinski definition) is 3. The van der Waals surface area contributed by atoms with Gasteiger partial charge in [-0.25, -0.2) is 0 Å². The number of hydrogen-bond acceptors (Lipinski definition) is 6. The van der Waals surface area contributed by atoms with E-state index in [4.69, 9.17) is 25.7 Å². The summed E-state index contributed by atoms with van der Waals surface area (Å²) in [7, 11) is 0. The van der Waals surface area contributed by atoms with Crippen LogP contribution in [0.2, 0.25) is 0 Å². The first kappa shape index (κ1) is 26.9. The predicted molar refractivity (Wildman–Crippen MR) is 146 cm³/mol. The average molecular weight is 509 g/mol. The number of amides is 1. The molecule has 0 spiro atoms. The SMILES string of the molecule is C[C@@H]1CCC[C@H](C)N1CCCCCN1C(=O)C(c2cccc(C(=N)N)c2)Oc2ccc(OCCO)cc21. The molecule has 3 atom stereocenters. The van der Waals surface area contributed by atoms with Gasteiger partial charge < -0.3 is 25.2 Å². The summed E-state index contributed by atoms with van der Waals surface area (Å²) in [6.07, 6.45) is 6.06. The maximum absolute atomic E-state index is 13.7. The number of nitrogens with two attached hydrogens (primary N) is 1. The summed E-state index contributed by atoms with van der Waals surface area (Å²) in [5.74, 6) is 0.987. The van der Waals surface area contributed by atoms with Crippen LogP contribution in [-0.2, 0) is 4.79 Å². The molecule has 1 unspecified atom stereocenters. The summed E-state index contributed by atoms with van der Waals surface area (Å²) in [6, 6.07) is 13.8. The van der Waals surface area contributed by atoms with Crippen LogP contribution in [-0.4, -0.2) is 60.1 Å². The van der Waals surface area contributed by atoms with Gasteiger partial charge >= 0.3 is 0 Å². The average Bonchev–Trinajstić information content (AvgIpc) is 2.89. The molecule has 2 aliphatic rings. The molecule has 37 heavy (non-hydrogen) atoms. The van der Waals surface area contributed by atoms with E-state index in [0.29, 0.717) is 46.9 Å². The number of nitrogens with zero attached hydrogens (tertiary/aromatic N) is 2. The van der Waals surface area contributed by atoms with Gasteiger partial charge in [-0.15, -0.1) is 0 Å². The van der Waals surface area contributed by atoms with Crippen molar-refractivity contribution in [1.29, 1.82) is 5.41 Å². The Morgan fingerprint density at radius 3 is 2.59 bits per heavy atom. The Bertz CT molecular complexity index is 1080. The number of ether oxygens (including phenoxy) is 2. The summed E-state index contributed by atoms with van der Waals surface area (Å²) < 4.78 is 11.8. The van der Waals surface area contributed by atoms with Gasteiger partial charge in [-0.05, 0) is 64.3 Å². The van der Waals surface area contributed by atoms with E-state index in [1.165, 1.54) is 19.3 Å². The zero-order chi connectivity index (χ0) is 26.4. The highest BCUT2D eigenvalue weighted by molar-refractivity contribution is 6.01. The molecule has 1 amide bonds. The second kappa shape index (κ2) is 12.4. The fourth-order valence-electron chi connectivity index (χ4n) is 5.47. The van der Waals surface area contributed by atoms with Crippen LogP contribution in [0.5, 0.6) is 11.5 Å². The number of carbonyl (C=O) groups excluding carboxylic acids is 1. The van der Waals surface area contributed by atoms with Crippen molar-refractivity contribution >= 4 is 17.4 Å². The van der Waals surface area contributed by atoms with E-state index < -0.39 is 6.10 Å². The number of fused-ring (bicyclic) bond motifs is 1. The molecule has 0 aromatic heterocycles. The lowest BCUT2D eigenvalue weighted by Crippen LogP contribution is -2.44. The number of amidine groups is 1. The number of piperidine rings is 1. The molecule has 200 valence electrons. The number of nitrogens with one attached hydrogen (secondary N) is 1. The van der Waals surface area contributed by atoms with Gasteiger partial charge in [-0.1, -0.05) is 31.0 Å². The molecular weight excluding hydrogens is 468 g/mol. The van der Waals surface area contributed by atoms with Crippen molar-refractivity contribution in [2.75, 3.05) is 31.2 Å². The Hall–Kier alpha value is -3.10. The first-order valence-electron chi connectivity index (χ1n) is 13.4. The van der Waals surface area contributed by atoms with Crippen molar-refractivity contribution in [2.24, 2.45) is 5.73 Å². The summed E-state index contributed by atoms with van der Waals surface area (Å²) >= 11 is 0. The van der Waals surface area contributed by atoms with Crippen LogP contribution in [0.4, 0.5) is 5.69 Å². The molecule has 1 fully saturated rings. The molecule has 2 heterocycles. The molecule has 2 aliphatic heterocycles. The van der Waals surface area contributed by atoms with Crippen LogP contribution in [0.3, 0.4) is 0 Å². The topological polar surface area (TPSA) is 112 Å². The normalized spacial score (nSPS) is 21.9. The second-order valence-corrected chi connectivity index (χ2v) is 10.2. The van der Waals surface area contributed by atoms with E-state index in [1.54, 1.807) is 29.2 Å². The van der Waals surface area contributed by atoms with Gasteiger partial charge in [0.05, 0.1) is 12.3 Å². The predicted octanol–water partition coefficient (Wildman–Crippen LogP) is 4.24. The van der Waals surface area contributed by atoms with Gasteiger partial charge in [-0.3, -0.25) is 15.1 Å². The molecule has 4 rings (SSSR count). The number of nitrogen functional groups attached to an aromatic ring is 1. The van der Waals surface area contributed by atoms with E-state index in [9.17, 15) is 4.79 Å². The van der Waals surface area contributed by atoms with Crippen molar-refractivity contribution in [3.8, 4) is 11.5 Å². The quantitative estimate of drug-likeness (QED) is 0.238. The number of carbonyl (C=O) groups is 1. The molecule has 2 aromatic rings. The number of benzene rings is 2. The van der Waals surface area contributed by atoms with Crippen molar-refractivity contribution in [3.63, 3.8) is 0 Å². The number of likely N-dealkylation sites (tertiary alicyclic amines) is 1. The zero-order valence-electron chi connectivity index (χ0n) is 22.0. The highest BCUT2D eigenvalue weighted by Crippen LogP contribution is 2.41. The lowest BCUT2D eigenvalue weighted by Gasteiger charge is -2.39. The minimum absolute atomic E-state index is 0.0506. The van der Waals surface area contributed by atoms with Crippen LogP contribution in [0.15, 0.2) is 42.5 Å². The fraction of sp³-hybridized carbons (Fsp3) is 0.517. The summed E-state index contributed by atoms with van der Waals surface area (Å²) in [5, 5.41) is 16.9. The van der Waals surface area contributed by atoms with Gasteiger partial charge in [0.2, 0.25) is 6.10 Å². The lowest BCUT2D eigenvalue weighted by atomic mass is 9.97. The molecule has 0 bridgehead atoms. The van der Waals surface area contributed by atoms with Crippen LogP contribution < -0.4 is 20.1 Å². The number of anilines is 1. The van der Waals surface area contributed by atoms with Crippen LogP contribution in [0.1, 0.15) is 69.6 Å². The van der Waals surface area contributed by atoms with Gasteiger partial charge in [0, 0.05) is 35.8 Å². The zero-order valence-corrected chi connectivity index (χ0v) is 22.0. The minimum Gasteiger partial charge on any atom is -0.491 e. The highest BCUT2D eigenvalue weighted by Gasteiger charge is 2.36. The Balaban J connectivity index is 1.48. The van der Waals surface area contributed by atoms with E-state index in [2.05, 4.69) is 18.7 Å². The first-order chi connectivity index (χ1) is 17.9. The monoisotopic (exact) mass is 508 g/mol. The van der Waals surface area contributed by atoms with Crippen molar-refractivity contribution < 1.29 is 19.4 Å². The smallest absolute Gasteiger partial charge is 0.272 e. The maximum atomic E-state index is 13.7. The van der Waals surface area contributed by atoms with E-state index >= 15 is 0 Å². The Kier molecular flexibility index (Phi) is 9.05. The van der Waals surface area contributed by atoms with Gasteiger partial charge in [0.15, 0.2) is 0 Å². The Labute approximate surface area is 219 Å². The summed E-state index contributed by atoms with van der Waals surface area (Å²) in [5.41, 5.74) is 7.59. The molecule has 8 heteroatoms. The van der Waals surface area contributed by atoms with Crippen LogP contribution in [0, 0.1) is 5.41 Å². The Morgan fingerprint density at radius 1 is 1.11 bits per heavy atom. The molecular formula is C29H40N4O4. The molecule has 1 saturated heterocycles. The standard InChI is InChI=1S/C29H40N4O4/c1-20-8-6-9-21(2)32(20)14-4-3-5-15-33-25-19-24(36-17-16-34)12-13-26(25)37-27(29(33)35)22-10-7-11-23(18-22)28(30)31/h7,10-13,18-21,27,34H,3-6,8-9,14-17H2,1-2H3,(H3,30,31)/t20-,21+,27?. The van der Waals surface area contributed by atoms with Crippen molar-refractivity contribution in [1.82, 2.24) is 4.90 Å². The van der Waals surface area contributed by atoms with Crippen LogP contribution in [0.25, 0.3) is 0 Å². The van der Waals surface area contributed by atoms with E-state index in [-0.39, 0.29) is 25.0 Å². The van der Waals surface area contributed by atoms with Crippen molar-refractivity contribution in [3.05, 3.63) is 53.6 Å². The maximum Gasteiger partial charge on any atom is 0.272 e. The van der Waals surface area contributed by atoms with E-state index in [1.807, 2.05) is 18.2 Å². The minimum atomic E-state index is -0.814. The number of rotatable bonds is 11. The number of aliphatic hydroxyl groups is 1. The largest absolute Gasteiger partial charge is 0.491 e. The third kappa shape index (κ3) is 6.43. The lowest BCUT2D eigenvalue weighted by molar-refractivity contribution is -0.126. The molecule has 2 aromatic carbocycles. The fourth-order valence-corrected chi connectivity index (χ4v) is 5.47. The first-order valence-corrected chi connectivity index (χ1v) is 13.4. The van der Waals surface area contributed by atoms with Crippen molar-refractivity contribution in [2.45, 2.75) is 70.6 Å². The molecule has 0 radical (unpaired) electrons. The number of unbranched alkanes of at least 4 members (excludes halogenated alkanes) is 2. The molecule has 0 aliphatic carbocycles. The molecule has 8 nitrogen and oxygen atoms in total. The van der Waals surface area contributed by atoms with Gasteiger partial charge in [-0.2, -0.15) is 0 Å². The summed E-state index contributed by atoms with van der Waals surface area (Å²) in [4.78, 5) is 18.1. The third-order valence-electron chi connectivity index (χ3n) is 7.49. The van der Waals surface area contributed by atoms with Gasteiger partial charge in [0.25, 0.3) is 5.91 Å². The summed E-state index contributed by atoms with van der Waals surface area (Å²) in [6.45, 7) is 6.43. The highest BCUT2D eigenvalue weighted by atomic mass is 16.5.